The Balaban J connectivity index is 1.59. The Hall–Kier alpha value is -3.73. The van der Waals surface area contributed by atoms with Gasteiger partial charge in [0.1, 0.15) is 18.0 Å². The van der Waals surface area contributed by atoms with Crippen LogP contribution >= 0.6 is 0 Å². The van der Waals surface area contributed by atoms with E-state index in [0.717, 1.165) is 30.3 Å². The summed E-state index contributed by atoms with van der Waals surface area (Å²) in [4.78, 5) is 22.4. The second-order valence-corrected chi connectivity index (χ2v) is 10.9. The molecule has 1 aromatic carbocycles. The Kier molecular flexibility index (Phi) is 8.05. The Morgan fingerprint density at radius 2 is 1.61 bits per heavy atom. The molecule has 1 unspecified atom stereocenters. The van der Waals surface area contributed by atoms with Crippen LogP contribution in [-0.4, -0.2) is 51.8 Å². The lowest BCUT2D eigenvalue weighted by atomic mass is 10.0. The average molecular weight is 609 g/mol. The largest absolute Gasteiger partial charge is 0.451 e. The van der Waals surface area contributed by atoms with Crippen molar-refractivity contribution in [1.29, 1.82) is 0 Å². The Labute approximate surface area is 227 Å². The number of benzene rings is 1. The van der Waals surface area contributed by atoms with Crippen LogP contribution in [0.25, 0.3) is 11.1 Å². The second kappa shape index (κ2) is 10.9. The molecule has 3 heterocycles. The number of pyridine rings is 1. The first-order valence-electron chi connectivity index (χ1n) is 11.7. The number of carbonyl (C=O) groups is 1. The zero-order valence-electron chi connectivity index (χ0n) is 20.7. The van der Waals surface area contributed by atoms with Crippen LogP contribution in [0.1, 0.15) is 30.4 Å². The molecule has 41 heavy (non-hydrogen) atoms. The average Bonchev–Trinajstić information content (AvgIpc) is 3.21. The molecule has 0 saturated carbocycles. The SMILES string of the molecule is C[C@H]1[C@H](F)CC(C(=O)NCc2cc(-c3cnc(C(F)(F)F)nc3)c(C(F)(F)F)cn2)N1S(=O)(=O)c1ccc(F)cc1. The van der Waals surface area contributed by atoms with E-state index in [9.17, 15) is 48.3 Å². The monoisotopic (exact) mass is 609 g/mol. The van der Waals surface area contributed by atoms with Gasteiger partial charge in [-0.2, -0.15) is 30.6 Å². The molecule has 3 aromatic rings. The Morgan fingerprint density at radius 1 is 1.00 bits per heavy atom. The summed E-state index contributed by atoms with van der Waals surface area (Å²) in [5.41, 5.74) is -2.53. The minimum absolute atomic E-state index is 0.183. The van der Waals surface area contributed by atoms with Crippen molar-refractivity contribution in [1.82, 2.24) is 24.6 Å². The maximum absolute atomic E-state index is 14.6. The summed E-state index contributed by atoms with van der Waals surface area (Å²) in [6, 6.07) is 1.71. The molecule has 1 N–H and O–H groups in total. The predicted octanol–water partition coefficient (Wildman–Crippen LogP) is 4.52. The van der Waals surface area contributed by atoms with Gasteiger partial charge in [-0.05, 0) is 37.3 Å². The van der Waals surface area contributed by atoms with Crippen molar-refractivity contribution in [3.05, 3.63) is 71.8 Å². The van der Waals surface area contributed by atoms with E-state index < -0.39 is 87.8 Å². The lowest BCUT2D eigenvalue weighted by Crippen LogP contribution is -2.48. The number of carbonyl (C=O) groups excluding carboxylic acids is 1. The van der Waals surface area contributed by atoms with E-state index in [-0.39, 0.29) is 10.6 Å². The summed E-state index contributed by atoms with van der Waals surface area (Å²) in [6.07, 6.45) is -10.6. The van der Waals surface area contributed by atoms with Crippen LogP contribution in [0.5, 0.6) is 0 Å². The zero-order chi connectivity index (χ0) is 30.3. The fourth-order valence-corrected chi connectivity index (χ4v) is 6.07. The van der Waals surface area contributed by atoms with Crippen molar-refractivity contribution in [2.45, 2.75) is 55.4 Å². The lowest BCUT2D eigenvalue weighted by molar-refractivity contribution is -0.145. The van der Waals surface area contributed by atoms with Gasteiger partial charge >= 0.3 is 12.4 Å². The van der Waals surface area contributed by atoms with Gasteiger partial charge in [-0.3, -0.25) is 9.78 Å². The first-order chi connectivity index (χ1) is 19.0. The van der Waals surface area contributed by atoms with Gasteiger partial charge in [-0.15, -0.1) is 0 Å². The number of nitrogens with zero attached hydrogens (tertiary/aromatic N) is 4. The molecular formula is C24H19F8N5O3S. The van der Waals surface area contributed by atoms with Crippen LogP contribution in [0.2, 0.25) is 0 Å². The molecule has 0 radical (unpaired) electrons. The van der Waals surface area contributed by atoms with Crippen LogP contribution in [0, 0.1) is 5.82 Å². The first-order valence-corrected chi connectivity index (χ1v) is 13.1. The number of nitrogens with one attached hydrogen (secondary N) is 1. The lowest BCUT2D eigenvalue weighted by Gasteiger charge is -2.26. The molecule has 1 fully saturated rings. The highest BCUT2D eigenvalue weighted by Gasteiger charge is 2.49. The van der Waals surface area contributed by atoms with Gasteiger partial charge in [0.05, 0.1) is 28.7 Å². The van der Waals surface area contributed by atoms with Crippen LogP contribution in [-0.2, 0) is 33.7 Å². The Bertz CT molecular complexity index is 1530. The molecule has 0 aliphatic carbocycles. The van der Waals surface area contributed by atoms with Gasteiger partial charge in [0.2, 0.25) is 21.8 Å². The predicted molar refractivity (Wildman–Crippen MR) is 125 cm³/mol. The maximum Gasteiger partial charge on any atom is 0.451 e. The fraction of sp³-hybridized carbons (Fsp3) is 0.333. The number of sulfonamides is 1. The van der Waals surface area contributed by atoms with E-state index in [1.807, 2.05) is 0 Å². The highest BCUT2D eigenvalue weighted by molar-refractivity contribution is 7.89. The second-order valence-electron chi connectivity index (χ2n) is 9.03. The highest BCUT2D eigenvalue weighted by Crippen LogP contribution is 2.37. The zero-order valence-corrected chi connectivity index (χ0v) is 21.5. The van der Waals surface area contributed by atoms with E-state index in [2.05, 4.69) is 20.3 Å². The van der Waals surface area contributed by atoms with Crippen LogP contribution in [0.3, 0.4) is 0 Å². The third-order valence-corrected chi connectivity index (χ3v) is 8.31. The van der Waals surface area contributed by atoms with Gasteiger partial charge in [-0.25, -0.2) is 27.2 Å². The molecule has 1 amide bonds. The maximum atomic E-state index is 14.6. The molecule has 3 atom stereocenters. The molecule has 8 nitrogen and oxygen atoms in total. The van der Waals surface area contributed by atoms with Crippen LogP contribution in [0.4, 0.5) is 35.1 Å². The fourth-order valence-electron chi connectivity index (χ4n) is 4.26. The van der Waals surface area contributed by atoms with Crippen molar-refractivity contribution in [2.75, 3.05) is 0 Å². The number of halogens is 8. The van der Waals surface area contributed by atoms with Crippen molar-refractivity contribution in [2.24, 2.45) is 0 Å². The van der Waals surface area contributed by atoms with Crippen molar-refractivity contribution in [3.63, 3.8) is 0 Å². The number of alkyl halides is 7. The summed E-state index contributed by atoms with van der Waals surface area (Å²) >= 11 is 0. The molecule has 1 saturated heterocycles. The Morgan fingerprint density at radius 3 is 2.17 bits per heavy atom. The van der Waals surface area contributed by atoms with Gasteiger partial charge in [0, 0.05) is 36.1 Å². The molecule has 1 aliphatic heterocycles. The summed E-state index contributed by atoms with van der Waals surface area (Å²) in [6.45, 7) is 0.701. The van der Waals surface area contributed by atoms with E-state index >= 15 is 0 Å². The van der Waals surface area contributed by atoms with Gasteiger partial charge in [0.25, 0.3) is 0 Å². The molecule has 4 rings (SSSR count). The molecular weight excluding hydrogens is 590 g/mol. The summed E-state index contributed by atoms with van der Waals surface area (Å²) in [5, 5.41) is 2.32. The molecule has 0 bridgehead atoms. The van der Waals surface area contributed by atoms with E-state index in [0.29, 0.717) is 22.9 Å². The van der Waals surface area contributed by atoms with E-state index in [4.69, 9.17) is 0 Å². The van der Waals surface area contributed by atoms with Crippen LogP contribution in [0.15, 0.2) is 53.8 Å². The highest BCUT2D eigenvalue weighted by atomic mass is 32.2. The molecule has 0 spiro atoms. The van der Waals surface area contributed by atoms with Gasteiger partial charge in [-0.1, -0.05) is 0 Å². The summed E-state index contributed by atoms with van der Waals surface area (Å²) < 4.78 is 134. The minimum Gasteiger partial charge on any atom is -0.349 e. The summed E-state index contributed by atoms with van der Waals surface area (Å²) in [7, 11) is -4.46. The number of hydrogen-bond acceptors (Lipinski definition) is 6. The number of aromatic nitrogens is 3. The van der Waals surface area contributed by atoms with Gasteiger partial charge in [0.15, 0.2) is 0 Å². The molecule has 17 heteroatoms. The third-order valence-electron chi connectivity index (χ3n) is 6.30. The standard InChI is InChI=1S/C24H19F8N5O3S/c1-12-19(26)7-20(37(12)41(39,40)16-4-2-14(25)3-5-16)21(38)34-10-15-6-17(18(11-33-15)23(27,28)29)13-8-35-22(36-9-13)24(30,31)32/h2-6,8-9,11-12,19-20H,7,10H2,1H3,(H,34,38)/t12-,19+,20?/m0/s1. The van der Waals surface area contributed by atoms with E-state index in [1.54, 1.807) is 0 Å². The number of rotatable bonds is 6. The molecule has 220 valence electrons. The van der Waals surface area contributed by atoms with Crippen molar-refractivity contribution in [3.8, 4) is 11.1 Å². The summed E-state index contributed by atoms with van der Waals surface area (Å²) in [5.74, 6) is -3.26. The topological polar surface area (TPSA) is 105 Å². The molecule has 2 aromatic heterocycles. The van der Waals surface area contributed by atoms with Crippen LogP contribution < -0.4 is 5.32 Å². The first kappa shape index (κ1) is 30.2. The van der Waals surface area contributed by atoms with Gasteiger partial charge < -0.3 is 5.32 Å². The molecule has 1 aliphatic rings. The van der Waals surface area contributed by atoms with Crippen molar-refractivity contribution < 1.29 is 48.3 Å². The van der Waals surface area contributed by atoms with E-state index in [1.165, 1.54) is 6.92 Å². The number of hydrogen-bond donors (Lipinski definition) is 1. The number of amides is 1. The quantitative estimate of drug-likeness (QED) is 0.413. The minimum atomic E-state index is -4.96. The normalized spacial score (nSPS) is 20.3. The van der Waals surface area contributed by atoms with Crippen molar-refractivity contribution >= 4 is 15.9 Å². The smallest absolute Gasteiger partial charge is 0.349 e. The third kappa shape index (κ3) is 6.29.